The van der Waals surface area contributed by atoms with Gasteiger partial charge in [-0.2, -0.15) is 0 Å². The number of nitrogens with one attached hydrogen (secondary N) is 2. The molecule has 5 rings (SSSR count). The highest BCUT2D eigenvalue weighted by Crippen LogP contribution is 2.27. The minimum Gasteiger partial charge on any atom is -0.494 e. The number of hydrogen-bond donors (Lipinski definition) is 2. The van der Waals surface area contributed by atoms with Gasteiger partial charge in [-0.25, -0.2) is 9.69 Å². The van der Waals surface area contributed by atoms with Gasteiger partial charge in [0.1, 0.15) is 17.9 Å². The van der Waals surface area contributed by atoms with Gasteiger partial charge in [-0.15, -0.1) is 0 Å². The molecule has 1 fully saturated rings. The maximum atomic E-state index is 13.4. The van der Waals surface area contributed by atoms with Crippen LogP contribution in [-0.4, -0.2) is 34.9 Å². The Morgan fingerprint density at radius 2 is 1.66 bits per heavy atom. The summed E-state index contributed by atoms with van der Waals surface area (Å²) in [4.78, 5) is 52.3. The van der Waals surface area contributed by atoms with Crippen LogP contribution in [0, 0.1) is 0 Å². The Morgan fingerprint density at radius 3 is 2.39 bits per heavy atom. The third-order valence-corrected chi connectivity index (χ3v) is 6.00. The second kappa shape index (κ2) is 10.4. The van der Waals surface area contributed by atoms with Crippen LogP contribution in [0.2, 0.25) is 0 Å². The van der Waals surface area contributed by atoms with Gasteiger partial charge in [0.05, 0.1) is 12.3 Å². The number of aromatic nitrogens is 1. The van der Waals surface area contributed by atoms with E-state index in [1.165, 1.54) is 6.08 Å². The van der Waals surface area contributed by atoms with E-state index in [1.807, 2.05) is 49.4 Å². The number of carbonyl (C=O) groups excluding carboxylic acids is 4. The zero-order valence-electron chi connectivity index (χ0n) is 20.5. The highest BCUT2D eigenvalue weighted by molar-refractivity contribution is 6.39. The number of urea groups is 1. The standard InChI is InChI=1S/C29H24N4O5/c1-2-38-22-14-12-21(13-15-22)33-28(36)24(27(35)31-29(33)37)16-19-17-32(25-11-7-6-10-23(19)25)18-26(34)30-20-8-4-3-5-9-20/h3-17H,2,18H2,1H3,(H,30,34)(H,31,35,37). The largest absolute Gasteiger partial charge is 0.494 e. The van der Waals surface area contributed by atoms with Crippen LogP contribution in [-0.2, 0) is 20.9 Å². The SMILES string of the molecule is CCOc1ccc(N2C(=O)NC(=O)C(=Cc3cn(CC(=O)Nc4ccccc4)c4ccccc34)C2=O)cc1. The molecule has 38 heavy (non-hydrogen) atoms. The lowest BCUT2D eigenvalue weighted by Crippen LogP contribution is -2.54. The number of carbonyl (C=O) groups is 4. The Balaban J connectivity index is 1.46. The first-order valence-electron chi connectivity index (χ1n) is 12.0. The van der Waals surface area contributed by atoms with Gasteiger partial charge in [-0.05, 0) is 55.5 Å². The number of amides is 5. The molecule has 3 aromatic carbocycles. The van der Waals surface area contributed by atoms with Crippen LogP contribution < -0.4 is 20.3 Å². The fraction of sp³-hybridized carbons (Fsp3) is 0.103. The first-order valence-corrected chi connectivity index (χ1v) is 12.0. The summed E-state index contributed by atoms with van der Waals surface area (Å²) in [5.74, 6) is -1.17. The van der Waals surface area contributed by atoms with E-state index in [0.717, 1.165) is 15.8 Å². The van der Waals surface area contributed by atoms with Crippen LogP contribution in [0.25, 0.3) is 17.0 Å². The van der Waals surface area contributed by atoms with Gasteiger partial charge in [-0.1, -0.05) is 36.4 Å². The van der Waals surface area contributed by atoms with Gasteiger partial charge in [0, 0.05) is 28.4 Å². The number of rotatable bonds is 7. The molecule has 9 nitrogen and oxygen atoms in total. The summed E-state index contributed by atoms with van der Waals surface area (Å²) in [7, 11) is 0. The lowest BCUT2D eigenvalue weighted by atomic mass is 10.1. The number of barbiturate groups is 1. The number of anilines is 2. The predicted octanol–water partition coefficient (Wildman–Crippen LogP) is 4.35. The van der Waals surface area contributed by atoms with Crippen LogP contribution in [0.1, 0.15) is 12.5 Å². The molecule has 4 aromatic rings. The van der Waals surface area contributed by atoms with E-state index in [1.54, 1.807) is 47.2 Å². The molecule has 1 aliphatic heterocycles. The van der Waals surface area contributed by atoms with Crippen molar-refractivity contribution in [2.75, 3.05) is 16.8 Å². The molecule has 0 unspecified atom stereocenters. The molecule has 0 bridgehead atoms. The van der Waals surface area contributed by atoms with Crippen molar-refractivity contribution in [3.8, 4) is 5.75 Å². The third-order valence-electron chi connectivity index (χ3n) is 6.00. The van der Waals surface area contributed by atoms with E-state index < -0.39 is 17.8 Å². The number of fused-ring (bicyclic) bond motifs is 1. The molecule has 0 saturated carbocycles. The quantitative estimate of drug-likeness (QED) is 0.285. The number of para-hydroxylation sites is 2. The zero-order valence-corrected chi connectivity index (χ0v) is 20.5. The second-order valence-corrected chi connectivity index (χ2v) is 8.53. The fourth-order valence-electron chi connectivity index (χ4n) is 4.30. The van der Waals surface area contributed by atoms with Crippen LogP contribution >= 0.6 is 0 Å². The lowest BCUT2D eigenvalue weighted by Gasteiger charge is -2.26. The average molecular weight is 509 g/mol. The zero-order chi connectivity index (χ0) is 26.6. The third kappa shape index (κ3) is 4.90. The van der Waals surface area contributed by atoms with Gasteiger partial charge in [0.15, 0.2) is 0 Å². The van der Waals surface area contributed by atoms with Crippen LogP contribution in [0.4, 0.5) is 16.2 Å². The Labute approximate surface area is 218 Å². The lowest BCUT2D eigenvalue weighted by molar-refractivity contribution is -0.122. The Kier molecular flexibility index (Phi) is 6.73. The molecular formula is C29H24N4O5. The average Bonchev–Trinajstić information content (AvgIpc) is 3.25. The highest BCUT2D eigenvalue weighted by Gasteiger charge is 2.37. The molecule has 0 atom stereocenters. The molecule has 0 spiro atoms. The van der Waals surface area contributed by atoms with Crippen molar-refractivity contribution in [2.24, 2.45) is 0 Å². The molecule has 0 radical (unpaired) electrons. The normalized spacial score (nSPS) is 14.6. The van der Waals surface area contributed by atoms with Crippen LogP contribution in [0.3, 0.4) is 0 Å². The Morgan fingerprint density at radius 1 is 0.947 bits per heavy atom. The molecular weight excluding hydrogens is 484 g/mol. The van der Waals surface area contributed by atoms with Gasteiger partial charge >= 0.3 is 6.03 Å². The molecule has 1 saturated heterocycles. The monoisotopic (exact) mass is 508 g/mol. The molecule has 1 aromatic heterocycles. The first kappa shape index (κ1) is 24.5. The molecule has 190 valence electrons. The summed E-state index contributed by atoms with van der Waals surface area (Å²) < 4.78 is 7.17. The minimum absolute atomic E-state index is 0.0233. The van der Waals surface area contributed by atoms with Crippen molar-refractivity contribution in [2.45, 2.75) is 13.5 Å². The van der Waals surface area contributed by atoms with Crippen molar-refractivity contribution in [3.05, 3.63) is 96.2 Å². The van der Waals surface area contributed by atoms with E-state index in [2.05, 4.69) is 10.6 Å². The first-order chi connectivity index (χ1) is 18.4. The van der Waals surface area contributed by atoms with Crippen LogP contribution in [0.5, 0.6) is 5.75 Å². The molecule has 5 amide bonds. The van der Waals surface area contributed by atoms with Crippen molar-refractivity contribution in [3.63, 3.8) is 0 Å². The summed E-state index contributed by atoms with van der Waals surface area (Å²) in [6, 6.07) is 22.1. The summed E-state index contributed by atoms with van der Waals surface area (Å²) in [5, 5.41) is 5.84. The molecule has 9 heteroatoms. The van der Waals surface area contributed by atoms with Gasteiger partial charge in [0.2, 0.25) is 5.91 Å². The van der Waals surface area contributed by atoms with Gasteiger partial charge in [-0.3, -0.25) is 19.7 Å². The van der Waals surface area contributed by atoms with Gasteiger partial charge in [0.25, 0.3) is 11.8 Å². The Bertz CT molecular complexity index is 1570. The summed E-state index contributed by atoms with van der Waals surface area (Å²) in [6.07, 6.45) is 3.15. The number of nitrogens with zero attached hydrogens (tertiary/aromatic N) is 2. The molecule has 1 aliphatic rings. The van der Waals surface area contributed by atoms with Gasteiger partial charge < -0.3 is 14.6 Å². The fourth-order valence-corrected chi connectivity index (χ4v) is 4.30. The maximum Gasteiger partial charge on any atom is 0.335 e. The van der Waals surface area contributed by atoms with E-state index in [9.17, 15) is 19.2 Å². The van der Waals surface area contributed by atoms with Crippen molar-refractivity contribution >= 4 is 52.1 Å². The van der Waals surface area contributed by atoms with Crippen molar-refractivity contribution in [1.82, 2.24) is 9.88 Å². The smallest absolute Gasteiger partial charge is 0.335 e. The number of benzene rings is 3. The molecule has 2 heterocycles. The number of hydrogen-bond acceptors (Lipinski definition) is 5. The topological polar surface area (TPSA) is 110 Å². The number of imide groups is 2. The summed E-state index contributed by atoms with van der Waals surface area (Å²) in [6.45, 7) is 2.35. The van der Waals surface area contributed by atoms with Crippen LogP contribution in [0.15, 0.2) is 90.6 Å². The van der Waals surface area contributed by atoms with E-state index >= 15 is 0 Å². The summed E-state index contributed by atoms with van der Waals surface area (Å²) in [5.41, 5.74) is 2.10. The number of ether oxygens (including phenoxy) is 1. The summed E-state index contributed by atoms with van der Waals surface area (Å²) >= 11 is 0. The van der Waals surface area contributed by atoms with E-state index in [0.29, 0.717) is 29.3 Å². The molecule has 0 aliphatic carbocycles. The molecule has 2 N–H and O–H groups in total. The van der Waals surface area contributed by atoms with Crippen molar-refractivity contribution < 1.29 is 23.9 Å². The van der Waals surface area contributed by atoms with Crippen molar-refractivity contribution in [1.29, 1.82) is 0 Å². The van der Waals surface area contributed by atoms with E-state index in [-0.39, 0.29) is 18.0 Å². The minimum atomic E-state index is -0.832. The maximum absolute atomic E-state index is 13.4. The Hall–Kier alpha value is -5.18. The predicted molar refractivity (Wildman–Crippen MR) is 144 cm³/mol. The van der Waals surface area contributed by atoms with E-state index in [4.69, 9.17) is 4.74 Å². The second-order valence-electron chi connectivity index (χ2n) is 8.53. The highest BCUT2D eigenvalue weighted by atomic mass is 16.5.